The van der Waals surface area contributed by atoms with Gasteiger partial charge in [-0.05, 0) is 52.5 Å². The highest BCUT2D eigenvalue weighted by atomic mass is 79.9. The van der Waals surface area contributed by atoms with E-state index in [0.717, 1.165) is 18.4 Å². The zero-order chi connectivity index (χ0) is 18.8. The maximum Gasteiger partial charge on any atom is 0.269 e. The van der Waals surface area contributed by atoms with Gasteiger partial charge in [-0.15, -0.1) is 0 Å². The van der Waals surface area contributed by atoms with Crippen molar-refractivity contribution in [2.24, 2.45) is 0 Å². The number of hydrazine groups is 1. The van der Waals surface area contributed by atoms with Crippen LogP contribution in [-0.4, -0.2) is 18.4 Å². The summed E-state index contributed by atoms with van der Waals surface area (Å²) in [4.78, 5) is 24.0. The van der Waals surface area contributed by atoms with Gasteiger partial charge in [0, 0.05) is 12.0 Å². The second-order valence-corrected chi connectivity index (χ2v) is 6.69. The van der Waals surface area contributed by atoms with E-state index in [1.165, 1.54) is 0 Å². The van der Waals surface area contributed by atoms with E-state index in [2.05, 4.69) is 33.7 Å². The molecule has 0 aliphatic heterocycles. The van der Waals surface area contributed by atoms with Crippen LogP contribution in [0.4, 0.5) is 0 Å². The summed E-state index contributed by atoms with van der Waals surface area (Å²) in [7, 11) is 0. The average molecular weight is 419 g/mol. The standard InChI is InChI=1S/C20H23BrN2O3/c1-2-3-13-26-18-11-10-16(14-17(18)21)20(25)23-22-19(24)12-9-15-7-5-4-6-8-15/h4-8,10-11,14H,2-3,9,12-13H2,1H3,(H,22,24)(H,23,25). The minimum Gasteiger partial charge on any atom is -0.492 e. The van der Waals surface area contributed by atoms with Gasteiger partial charge in [0.05, 0.1) is 11.1 Å². The highest BCUT2D eigenvalue weighted by Gasteiger charge is 2.10. The molecular weight excluding hydrogens is 396 g/mol. The molecule has 2 rings (SSSR count). The summed E-state index contributed by atoms with van der Waals surface area (Å²) in [6.45, 7) is 2.73. The number of unbranched alkanes of at least 4 members (excludes halogenated alkanes) is 1. The van der Waals surface area contributed by atoms with Crippen LogP contribution in [0.1, 0.15) is 42.1 Å². The summed E-state index contributed by atoms with van der Waals surface area (Å²) in [5.41, 5.74) is 6.39. The average Bonchev–Trinajstić information content (AvgIpc) is 2.66. The molecule has 6 heteroatoms. The Hall–Kier alpha value is -2.34. The SMILES string of the molecule is CCCCOc1ccc(C(=O)NNC(=O)CCc2ccccc2)cc1Br. The molecule has 0 heterocycles. The van der Waals surface area contributed by atoms with Crippen molar-refractivity contribution in [1.82, 2.24) is 10.9 Å². The van der Waals surface area contributed by atoms with Crippen LogP contribution in [0.25, 0.3) is 0 Å². The molecule has 0 aromatic heterocycles. The van der Waals surface area contributed by atoms with Gasteiger partial charge in [0.2, 0.25) is 5.91 Å². The molecule has 0 fully saturated rings. The number of aryl methyl sites for hydroxylation is 1. The predicted octanol–water partition coefficient (Wildman–Crippen LogP) is 4.02. The predicted molar refractivity (Wildman–Crippen MR) is 105 cm³/mol. The van der Waals surface area contributed by atoms with Crippen LogP contribution in [0, 0.1) is 0 Å². The molecular formula is C20H23BrN2O3. The number of ether oxygens (including phenoxy) is 1. The van der Waals surface area contributed by atoms with Crippen LogP contribution in [0.3, 0.4) is 0 Å². The van der Waals surface area contributed by atoms with Crippen LogP contribution in [0.15, 0.2) is 53.0 Å². The summed E-state index contributed by atoms with van der Waals surface area (Å²) >= 11 is 3.41. The molecule has 0 radical (unpaired) electrons. The van der Waals surface area contributed by atoms with Gasteiger partial charge in [-0.25, -0.2) is 0 Å². The second kappa shape index (κ2) is 10.6. The van der Waals surface area contributed by atoms with Gasteiger partial charge in [-0.1, -0.05) is 43.7 Å². The third kappa shape index (κ3) is 6.52. The Kier molecular flexibility index (Phi) is 8.15. The number of halogens is 1. The van der Waals surface area contributed by atoms with E-state index >= 15 is 0 Å². The Morgan fingerprint density at radius 3 is 2.54 bits per heavy atom. The molecule has 2 aromatic carbocycles. The van der Waals surface area contributed by atoms with Crippen LogP contribution >= 0.6 is 15.9 Å². The zero-order valence-electron chi connectivity index (χ0n) is 14.8. The largest absolute Gasteiger partial charge is 0.492 e. The fourth-order valence-electron chi connectivity index (χ4n) is 2.25. The number of hydrogen-bond acceptors (Lipinski definition) is 3. The Bertz CT molecular complexity index is 735. The van der Waals surface area contributed by atoms with Crippen LogP contribution in [0.2, 0.25) is 0 Å². The molecule has 138 valence electrons. The van der Waals surface area contributed by atoms with Gasteiger partial charge in [0.15, 0.2) is 0 Å². The van der Waals surface area contributed by atoms with Gasteiger partial charge in [-0.3, -0.25) is 20.4 Å². The lowest BCUT2D eigenvalue weighted by atomic mass is 10.1. The minimum atomic E-state index is -0.376. The first kappa shape index (κ1) is 20.0. The van der Waals surface area contributed by atoms with Crippen molar-refractivity contribution in [1.29, 1.82) is 0 Å². The molecule has 2 amide bonds. The fourth-order valence-corrected chi connectivity index (χ4v) is 2.74. The van der Waals surface area contributed by atoms with Crippen molar-refractivity contribution >= 4 is 27.7 Å². The second-order valence-electron chi connectivity index (χ2n) is 5.84. The third-order valence-electron chi connectivity index (χ3n) is 3.75. The molecule has 0 bridgehead atoms. The summed E-state index contributed by atoms with van der Waals surface area (Å²) < 4.78 is 6.34. The highest BCUT2D eigenvalue weighted by molar-refractivity contribution is 9.10. The number of hydrogen-bond donors (Lipinski definition) is 2. The molecule has 0 saturated carbocycles. The highest BCUT2D eigenvalue weighted by Crippen LogP contribution is 2.26. The summed E-state index contributed by atoms with van der Waals surface area (Å²) in [6.07, 6.45) is 2.96. The number of amides is 2. The molecule has 0 aliphatic rings. The van der Waals surface area contributed by atoms with Crippen LogP contribution < -0.4 is 15.6 Å². The van der Waals surface area contributed by atoms with Gasteiger partial charge < -0.3 is 4.74 Å². The first-order valence-corrected chi connectivity index (χ1v) is 9.45. The van der Waals surface area contributed by atoms with E-state index in [9.17, 15) is 9.59 Å². The zero-order valence-corrected chi connectivity index (χ0v) is 16.3. The molecule has 2 N–H and O–H groups in total. The van der Waals surface area contributed by atoms with E-state index in [1.54, 1.807) is 18.2 Å². The van der Waals surface area contributed by atoms with Gasteiger partial charge in [0.25, 0.3) is 5.91 Å². The molecule has 0 unspecified atom stereocenters. The third-order valence-corrected chi connectivity index (χ3v) is 4.37. The minimum absolute atomic E-state index is 0.235. The lowest BCUT2D eigenvalue weighted by Gasteiger charge is -2.10. The lowest BCUT2D eigenvalue weighted by Crippen LogP contribution is -2.41. The van der Waals surface area contributed by atoms with Crippen molar-refractivity contribution in [3.63, 3.8) is 0 Å². The number of carbonyl (C=O) groups excluding carboxylic acids is 2. The normalized spacial score (nSPS) is 10.2. The Balaban J connectivity index is 1.79. The van der Waals surface area contributed by atoms with Crippen molar-refractivity contribution in [3.8, 4) is 5.75 Å². The van der Waals surface area contributed by atoms with Crippen molar-refractivity contribution < 1.29 is 14.3 Å². The van der Waals surface area contributed by atoms with E-state index in [0.29, 0.717) is 35.2 Å². The summed E-state index contributed by atoms with van der Waals surface area (Å²) in [5.74, 6) is 0.0848. The Morgan fingerprint density at radius 1 is 1.08 bits per heavy atom. The van der Waals surface area contributed by atoms with Crippen molar-refractivity contribution in [3.05, 3.63) is 64.1 Å². The molecule has 5 nitrogen and oxygen atoms in total. The monoisotopic (exact) mass is 418 g/mol. The van der Waals surface area contributed by atoms with E-state index in [1.807, 2.05) is 30.3 Å². The molecule has 2 aromatic rings. The molecule has 0 spiro atoms. The molecule has 0 saturated heterocycles. The molecule has 26 heavy (non-hydrogen) atoms. The van der Waals surface area contributed by atoms with E-state index < -0.39 is 0 Å². The van der Waals surface area contributed by atoms with Gasteiger partial charge >= 0.3 is 0 Å². The van der Waals surface area contributed by atoms with E-state index in [4.69, 9.17) is 4.74 Å². The van der Waals surface area contributed by atoms with Crippen molar-refractivity contribution in [2.45, 2.75) is 32.6 Å². The number of carbonyl (C=O) groups is 2. The van der Waals surface area contributed by atoms with Crippen molar-refractivity contribution in [2.75, 3.05) is 6.61 Å². The molecule has 0 aliphatic carbocycles. The fraction of sp³-hybridized carbons (Fsp3) is 0.300. The Labute approximate surface area is 162 Å². The smallest absolute Gasteiger partial charge is 0.269 e. The van der Waals surface area contributed by atoms with Crippen LogP contribution in [0.5, 0.6) is 5.75 Å². The number of nitrogens with one attached hydrogen (secondary N) is 2. The first-order valence-electron chi connectivity index (χ1n) is 8.65. The maximum absolute atomic E-state index is 12.2. The topological polar surface area (TPSA) is 67.4 Å². The summed E-state index contributed by atoms with van der Waals surface area (Å²) in [5, 5.41) is 0. The number of rotatable bonds is 8. The quantitative estimate of drug-likeness (QED) is 0.502. The Morgan fingerprint density at radius 2 is 1.85 bits per heavy atom. The maximum atomic E-state index is 12.2. The summed E-state index contributed by atoms with van der Waals surface area (Å²) in [6, 6.07) is 14.8. The van der Waals surface area contributed by atoms with Gasteiger partial charge in [0.1, 0.15) is 5.75 Å². The van der Waals surface area contributed by atoms with Gasteiger partial charge in [-0.2, -0.15) is 0 Å². The molecule has 0 atom stereocenters. The van der Waals surface area contributed by atoms with Crippen LogP contribution in [-0.2, 0) is 11.2 Å². The first-order chi connectivity index (χ1) is 12.6. The van der Waals surface area contributed by atoms with E-state index in [-0.39, 0.29) is 11.8 Å². The lowest BCUT2D eigenvalue weighted by molar-refractivity contribution is -0.121. The number of benzene rings is 2.